The number of aliphatic carboxylic acids is 1. The molecule has 1 heterocycles. The second-order valence-corrected chi connectivity index (χ2v) is 6.32. The number of rotatable bonds is 4. The zero-order chi connectivity index (χ0) is 16.2. The quantitative estimate of drug-likeness (QED) is 0.687. The summed E-state index contributed by atoms with van der Waals surface area (Å²) in [5, 5.41) is 9.38. The summed E-state index contributed by atoms with van der Waals surface area (Å²) in [4.78, 5) is 25.8. The zero-order valence-corrected chi connectivity index (χ0v) is 13.0. The highest BCUT2D eigenvalue weighted by Gasteiger charge is 2.35. The van der Waals surface area contributed by atoms with E-state index >= 15 is 0 Å². The van der Waals surface area contributed by atoms with Crippen LogP contribution in [0.25, 0.3) is 6.08 Å². The van der Waals surface area contributed by atoms with Crippen molar-refractivity contribution in [2.45, 2.75) is 19.3 Å². The molecule has 1 amide bonds. The van der Waals surface area contributed by atoms with Crippen LogP contribution in [0.2, 0.25) is 0 Å². The molecule has 0 aromatic heterocycles. The van der Waals surface area contributed by atoms with Crippen LogP contribution in [0.15, 0.2) is 48.1 Å². The van der Waals surface area contributed by atoms with E-state index in [1.807, 2.05) is 35.2 Å². The van der Waals surface area contributed by atoms with Gasteiger partial charge in [-0.25, -0.2) is 4.79 Å². The summed E-state index contributed by atoms with van der Waals surface area (Å²) < 4.78 is 0. The third kappa shape index (κ3) is 3.70. The van der Waals surface area contributed by atoms with Crippen LogP contribution in [0, 0.1) is 11.8 Å². The van der Waals surface area contributed by atoms with E-state index < -0.39 is 5.97 Å². The van der Waals surface area contributed by atoms with Crippen LogP contribution in [0.1, 0.15) is 24.8 Å². The molecular weight excluding hydrogens is 290 g/mol. The Morgan fingerprint density at radius 2 is 1.70 bits per heavy atom. The fourth-order valence-electron chi connectivity index (χ4n) is 3.43. The van der Waals surface area contributed by atoms with E-state index in [9.17, 15) is 14.7 Å². The molecule has 4 nitrogen and oxygen atoms in total. The monoisotopic (exact) mass is 311 g/mol. The van der Waals surface area contributed by atoms with Crippen molar-refractivity contribution < 1.29 is 14.7 Å². The molecular formula is C19H21NO3. The lowest BCUT2D eigenvalue weighted by molar-refractivity contribution is -0.136. The van der Waals surface area contributed by atoms with Crippen LogP contribution < -0.4 is 0 Å². The van der Waals surface area contributed by atoms with Gasteiger partial charge in [0.25, 0.3) is 0 Å². The van der Waals surface area contributed by atoms with Gasteiger partial charge < -0.3 is 10.0 Å². The number of likely N-dealkylation sites (tertiary alicyclic amines) is 1. The largest absolute Gasteiger partial charge is 0.478 e. The number of fused-ring (bicyclic) bond motifs is 1. The van der Waals surface area contributed by atoms with Crippen molar-refractivity contribution in [1.82, 2.24) is 4.90 Å². The van der Waals surface area contributed by atoms with Gasteiger partial charge in [0.1, 0.15) is 0 Å². The molecule has 2 aliphatic rings. The first kappa shape index (κ1) is 15.5. The first-order valence-electron chi connectivity index (χ1n) is 8.05. The number of allylic oxidation sites excluding steroid dienone is 2. The van der Waals surface area contributed by atoms with Gasteiger partial charge in [0, 0.05) is 18.7 Å². The molecule has 23 heavy (non-hydrogen) atoms. The Morgan fingerprint density at radius 3 is 2.26 bits per heavy atom. The smallest absolute Gasteiger partial charge is 0.332 e. The lowest BCUT2D eigenvalue weighted by atomic mass is 9.86. The second-order valence-electron chi connectivity index (χ2n) is 6.32. The fourth-order valence-corrected chi connectivity index (χ4v) is 3.43. The van der Waals surface area contributed by atoms with Crippen LogP contribution in [-0.4, -0.2) is 35.0 Å². The van der Waals surface area contributed by atoms with Gasteiger partial charge in [0.05, 0.1) is 6.42 Å². The molecule has 0 bridgehead atoms. The number of benzene rings is 1. The molecule has 1 aromatic rings. The maximum Gasteiger partial charge on any atom is 0.332 e. The van der Waals surface area contributed by atoms with Crippen molar-refractivity contribution in [2.24, 2.45) is 11.8 Å². The molecule has 3 rings (SSSR count). The Morgan fingerprint density at radius 1 is 1.09 bits per heavy atom. The normalized spacial score (nSPS) is 23.7. The highest BCUT2D eigenvalue weighted by molar-refractivity contribution is 5.98. The Balaban J connectivity index is 1.68. The summed E-state index contributed by atoms with van der Waals surface area (Å²) in [6, 6.07) is 9.26. The lowest BCUT2D eigenvalue weighted by Crippen LogP contribution is -2.29. The average molecular weight is 311 g/mol. The van der Waals surface area contributed by atoms with E-state index in [0.717, 1.165) is 31.5 Å². The van der Waals surface area contributed by atoms with E-state index in [2.05, 4.69) is 12.2 Å². The van der Waals surface area contributed by atoms with Crippen molar-refractivity contribution in [3.05, 3.63) is 53.6 Å². The molecule has 1 aromatic carbocycles. The number of carbonyl (C=O) groups is 2. The summed E-state index contributed by atoms with van der Waals surface area (Å²) in [7, 11) is 0. The van der Waals surface area contributed by atoms with E-state index in [0.29, 0.717) is 11.8 Å². The molecule has 0 saturated carbocycles. The van der Waals surface area contributed by atoms with E-state index in [1.165, 1.54) is 0 Å². The highest BCUT2D eigenvalue weighted by Crippen LogP contribution is 2.33. The van der Waals surface area contributed by atoms with Gasteiger partial charge in [-0.2, -0.15) is 0 Å². The Labute approximate surface area is 136 Å². The number of carboxylic acids is 1. The summed E-state index contributed by atoms with van der Waals surface area (Å²) in [6.07, 6.45) is 7.97. The van der Waals surface area contributed by atoms with Gasteiger partial charge in [0.15, 0.2) is 0 Å². The topological polar surface area (TPSA) is 57.6 Å². The van der Waals surface area contributed by atoms with Crippen molar-refractivity contribution in [2.75, 3.05) is 13.1 Å². The van der Waals surface area contributed by atoms with E-state index in [1.54, 1.807) is 6.08 Å². The lowest BCUT2D eigenvalue weighted by Gasteiger charge is -2.17. The number of hydrogen-bond donors (Lipinski definition) is 1. The first-order chi connectivity index (χ1) is 11.1. The van der Waals surface area contributed by atoms with Gasteiger partial charge in [-0.3, -0.25) is 4.79 Å². The van der Waals surface area contributed by atoms with Crippen molar-refractivity contribution in [1.29, 1.82) is 0 Å². The maximum atomic E-state index is 12.5. The standard InChI is InChI=1S/C19H21NO3/c21-18(20-12-15-8-4-5-9-16(15)13-20)11-17(19(22)23)10-14-6-2-1-3-7-14/h1-7,10,15-16H,8-9,11-13H2,(H,22,23)/t15-,16-/m0/s1. The minimum atomic E-state index is -1.03. The van der Waals surface area contributed by atoms with Gasteiger partial charge in [0.2, 0.25) is 5.91 Å². The Kier molecular flexibility index (Phi) is 4.60. The average Bonchev–Trinajstić information content (AvgIpc) is 2.99. The number of carboxylic acid groups (broad SMARTS) is 1. The third-order valence-corrected chi connectivity index (χ3v) is 4.73. The van der Waals surface area contributed by atoms with Gasteiger partial charge in [-0.05, 0) is 36.3 Å². The van der Waals surface area contributed by atoms with E-state index in [-0.39, 0.29) is 17.9 Å². The van der Waals surface area contributed by atoms with Gasteiger partial charge in [-0.1, -0.05) is 42.5 Å². The molecule has 1 aliphatic heterocycles. The fraction of sp³-hybridized carbons (Fsp3) is 0.368. The Hall–Kier alpha value is -2.36. The molecule has 0 radical (unpaired) electrons. The maximum absolute atomic E-state index is 12.5. The molecule has 1 aliphatic carbocycles. The SMILES string of the molecule is O=C(O)C(=Cc1ccccc1)CC(=O)N1C[C@@H]2CC=CC[C@H]2C1. The number of nitrogens with zero attached hydrogens (tertiary/aromatic N) is 1. The third-order valence-electron chi connectivity index (χ3n) is 4.73. The number of amides is 1. The minimum Gasteiger partial charge on any atom is -0.478 e. The van der Waals surface area contributed by atoms with Crippen LogP contribution in [0.4, 0.5) is 0 Å². The number of carbonyl (C=O) groups excluding carboxylic acids is 1. The van der Waals surface area contributed by atoms with Crippen molar-refractivity contribution >= 4 is 18.0 Å². The second kappa shape index (κ2) is 6.82. The Bertz CT molecular complexity index is 632. The zero-order valence-electron chi connectivity index (χ0n) is 13.0. The van der Waals surface area contributed by atoms with Crippen LogP contribution in [0.5, 0.6) is 0 Å². The van der Waals surface area contributed by atoms with E-state index in [4.69, 9.17) is 0 Å². The van der Waals surface area contributed by atoms with Crippen LogP contribution >= 0.6 is 0 Å². The molecule has 0 unspecified atom stereocenters. The molecule has 1 saturated heterocycles. The van der Waals surface area contributed by atoms with Crippen molar-refractivity contribution in [3.63, 3.8) is 0 Å². The van der Waals surface area contributed by atoms with Crippen molar-refractivity contribution in [3.8, 4) is 0 Å². The summed E-state index contributed by atoms with van der Waals surface area (Å²) in [5.74, 6) is -0.0323. The molecule has 0 spiro atoms. The predicted molar refractivity (Wildman–Crippen MR) is 88.6 cm³/mol. The molecule has 1 N–H and O–H groups in total. The predicted octanol–water partition coefficient (Wildman–Crippen LogP) is 2.97. The van der Waals surface area contributed by atoms with Crippen LogP contribution in [-0.2, 0) is 9.59 Å². The van der Waals surface area contributed by atoms with Gasteiger partial charge in [-0.15, -0.1) is 0 Å². The number of hydrogen-bond acceptors (Lipinski definition) is 2. The molecule has 4 heteroatoms. The molecule has 120 valence electrons. The highest BCUT2D eigenvalue weighted by atomic mass is 16.4. The molecule has 2 atom stereocenters. The summed E-state index contributed by atoms with van der Waals surface area (Å²) in [5.41, 5.74) is 0.950. The minimum absolute atomic E-state index is 0.0445. The summed E-state index contributed by atoms with van der Waals surface area (Å²) >= 11 is 0. The van der Waals surface area contributed by atoms with Gasteiger partial charge >= 0.3 is 5.97 Å². The molecule has 1 fully saturated rings. The first-order valence-corrected chi connectivity index (χ1v) is 8.05. The summed E-state index contributed by atoms with van der Waals surface area (Å²) in [6.45, 7) is 1.51. The van der Waals surface area contributed by atoms with Crippen LogP contribution in [0.3, 0.4) is 0 Å².